The first-order chi connectivity index (χ1) is 19.0. The highest BCUT2D eigenvalue weighted by Crippen LogP contribution is 2.48. The molecule has 1 aromatic heterocycles. The molecule has 6 heteroatoms. The van der Waals surface area contributed by atoms with Crippen molar-refractivity contribution in [2.24, 2.45) is 5.92 Å². The molecular formula is C33H43N3O3. The molecule has 0 spiro atoms. The minimum absolute atomic E-state index is 0.366. The maximum atomic E-state index is 12.0. The van der Waals surface area contributed by atoms with Crippen molar-refractivity contribution >= 4 is 22.6 Å². The molecule has 1 aliphatic carbocycles. The molecule has 2 aliphatic heterocycles. The van der Waals surface area contributed by atoms with E-state index >= 15 is 0 Å². The Hall–Kier alpha value is -2.99. The van der Waals surface area contributed by atoms with E-state index in [4.69, 9.17) is 4.74 Å². The molecule has 208 valence electrons. The first kappa shape index (κ1) is 26.2. The number of benzene rings is 2. The van der Waals surface area contributed by atoms with E-state index in [1.165, 1.54) is 85.9 Å². The number of carboxylic acids is 1. The molecule has 1 saturated carbocycles. The van der Waals surface area contributed by atoms with Gasteiger partial charge in [0.2, 0.25) is 0 Å². The summed E-state index contributed by atoms with van der Waals surface area (Å²) in [7, 11) is 0. The van der Waals surface area contributed by atoms with Gasteiger partial charge in [-0.1, -0.05) is 32.3 Å². The molecule has 0 radical (unpaired) electrons. The van der Waals surface area contributed by atoms with Crippen LogP contribution in [0.4, 0.5) is 5.69 Å². The van der Waals surface area contributed by atoms with E-state index in [9.17, 15) is 9.90 Å². The summed E-state index contributed by atoms with van der Waals surface area (Å²) in [4.78, 5) is 17.2. The number of anilines is 1. The molecular weight excluding hydrogens is 486 g/mol. The van der Waals surface area contributed by atoms with Crippen LogP contribution in [0.5, 0.6) is 5.75 Å². The number of likely N-dealkylation sites (tertiary alicyclic amines) is 1. The normalized spacial score (nSPS) is 20.5. The zero-order valence-corrected chi connectivity index (χ0v) is 23.6. The van der Waals surface area contributed by atoms with E-state index in [1.807, 2.05) is 13.0 Å². The number of carboxylic acid groups (broad SMARTS) is 1. The number of aromatic carboxylic acids is 1. The van der Waals surface area contributed by atoms with Crippen LogP contribution in [-0.4, -0.2) is 59.9 Å². The van der Waals surface area contributed by atoms with Gasteiger partial charge in [0, 0.05) is 60.9 Å². The number of nitrogens with zero attached hydrogens (tertiary/aromatic N) is 3. The molecule has 2 aromatic carbocycles. The van der Waals surface area contributed by atoms with Gasteiger partial charge in [-0.15, -0.1) is 0 Å². The highest BCUT2D eigenvalue weighted by atomic mass is 16.5. The van der Waals surface area contributed by atoms with Gasteiger partial charge in [0.15, 0.2) is 0 Å². The molecule has 1 saturated heterocycles. The number of piperidine rings is 1. The molecule has 3 heterocycles. The first-order valence-electron chi connectivity index (χ1n) is 15.2. The summed E-state index contributed by atoms with van der Waals surface area (Å²) < 4.78 is 8.43. The van der Waals surface area contributed by atoms with E-state index in [2.05, 4.69) is 45.6 Å². The second-order valence-corrected chi connectivity index (χ2v) is 11.9. The molecule has 0 amide bonds. The molecule has 1 unspecified atom stereocenters. The number of fused-ring (bicyclic) bond motifs is 5. The van der Waals surface area contributed by atoms with Gasteiger partial charge in [-0.05, 0) is 80.8 Å². The monoisotopic (exact) mass is 529 g/mol. The number of hydrogen-bond acceptors (Lipinski definition) is 4. The third-order valence-corrected chi connectivity index (χ3v) is 9.26. The average Bonchev–Trinajstić information content (AvgIpc) is 3.18. The van der Waals surface area contributed by atoms with Crippen molar-refractivity contribution in [1.29, 1.82) is 0 Å². The number of aromatic nitrogens is 1. The highest BCUT2D eigenvalue weighted by Gasteiger charge is 2.31. The Kier molecular flexibility index (Phi) is 7.57. The Balaban J connectivity index is 1.47. The largest absolute Gasteiger partial charge is 0.494 e. The molecule has 0 bridgehead atoms. The first-order valence-corrected chi connectivity index (χ1v) is 15.2. The zero-order valence-electron chi connectivity index (χ0n) is 23.6. The van der Waals surface area contributed by atoms with E-state index in [0.29, 0.717) is 18.1 Å². The standard InChI is InChI=1S/C33H43N3O3/c1-3-39-26-12-14-28-29(21-26)35(17-16-34-15-7-8-23(2)22-34)18-19-36-30-20-25(33(37)38)11-13-27(30)31(32(28)36)24-9-5-4-6-10-24/h11-14,20-21,23-24H,3-10,15-19,22H2,1-2H3,(H,37,38). The van der Waals surface area contributed by atoms with Crippen LogP contribution in [0.3, 0.4) is 0 Å². The minimum atomic E-state index is -0.862. The predicted octanol–water partition coefficient (Wildman–Crippen LogP) is 7.00. The maximum absolute atomic E-state index is 12.0. The van der Waals surface area contributed by atoms with Crippen molar-refractivity contribution in [3.05, 3.63) is 47.5 Å². The van der Waals surface area contributed by atoms with Crippen LogP contribution in [0.2, 0.25) is 0 Å². The quantitative estimate of drug-likeness (QED) is 0.357. The van der Waals surface area contributed by atoms with Crippen LogP contribution in [0.25, 0.3) is 22.2 Å². The molecule has 1 atom stereocenters. The maximum Gasteiger partial charge on any atom is 0.335 e. The van der Waals surface area contributed by atoms with Crippen LogP contribution >= 0.6 is 0 Å². The second kappa shape index (κ2) is 11.2. The van der Waals surface area contributed by atoms with Crippen molar-refractivity contribution in [1.82, 2.24) is 9.47 Å². The second-order valence-electron chi connectivity index (χ2n) is 11.9. The van der Waals surface area contributed by atoms with Crippen molar-refractivity contribution in [2.75, 3.05) is 44.2 Å². The topological polar surface area (TPSA) is 57.9 Å². The minimum Gasteiger partial charge on any atom is -0.494 e. The fraction of sp³-hybridized carbons (Fsp3) is 0.545. The lowest BCUT2D eigenvalue weighted by molar-refractivity contribution is 0.0697. The third kappa shape index (κ3) is 5.16. The summed E-state index contributed by atoms with van der Waals surface area (Å²) >= 11 is 0. The van der Waals surface area contributed by atoms with Crippen LogP contribution in [0.1, 0.15) is 80.6 Å². The smallest absolute Gasteiger partial charge is 0.335 e. The number of carbonyl (C=O) groups is 1. The summed E-state index contributed by atoms with van der Waals surface area (Å²) in [6.07, 6.45) is 8.88. The summed E-state index contributed by atoms with van der Waals surface area (Å²) in [5.41, 5.74) is 6.67. The lowest BCUT2D eigenvalue weighted by Gasteiger charge is -2.33. The Morgan fingerprint density at radius 2 is 1.82 bits per heavy atom. The van der Waals surface area contributed by atoms with Crippen LogP contribution in [0.15, 0.2) is 36.4 Å². The molecule has 6 rings (SSSR count). The highest BCUT2D eigenvalue weighted by molar-refractivity contribution is 5.99. The lowest BCUT2D eigenvalue weighted by atomic mass is 9.81. The van der Waals surface area contributed by atoms with Crippen molar-refractivity contribution in [3.63, 3.8) is 0 Å². The van der Waals surface area contributed by atoms with Crippen molar-refractivity contribution in [3.8, 4) is 17.0 Å². The van der Waals surface area contributed by atoms with E-state index in [1.54, 1.807) is 6.07 Å². The number of rotatable bonds is 7. The average molecular weight is 530 g/mol. The van der Waals surface area contributed by atoms with E-state index in [-0.39, 0.29) is 0 Å². The Labute approximate surface area is 232 Å². The van der Waals surface area contributed by atoms with Crippen LogP contribution in [-0.2, 0) is 6.54 Å². The third-order valence-electron chi connectivity index (χ3n) is 9.26. The Morgan fingerprint density at radius 3 is 2.59 bits per heavy atom. The van der Waals surface area contributed by atoms with Crippen LogP contribution < -0.4 is 9.64 Å². The molecule has 39 heavy (non-hydrogen) atoms. The van der Waals surface area contributed by atoms with Crippen molar-refractivity contribution < 1.29 is 14.6 Å². The fourth-order valence-corrected chi connectivity index (χ4v) is 7.39. The summed E-state index contributed by atoms with van der Waals surface area (Å²) in [5, 5.41) is 11.1. The van der Waals surface area contributed by atoms with Crippen LogP contribution in [0, 0.1) is 5.92 Å². The Bertz CT molecular complexity index is 1340. The van der Waals surface area contributed by atoms with E-state index < -0.39 is 5.97 Å². The van der Waals surface area contributed by atoms with Gasteiger partial charge in [-0.2, -0.15) is 0 Å². The number of hydrogen-bond donors (Lipinski definition) is 1. The van der Waals surface area contributed by atoms with Gasteiger partial charge in [0.05, 0.1) is 17.9 Å². The van der Waals surface area contributed by atoms with Gasteiger partial charge in [0.25, 0.3) is 0 Å². The molecule has 6 nitrogen and oxygen atoms in total. The van der Waals surface area contributed by atoms with Crippen molar-refractivity contribution in [2.45, 2.75) is 71.3 Å². The Morgan fingerprint density at radius 1 is 0.974 bits per heavy atom. The molecule has 2 fully saturated rings. The van der Waals surface area contributed by atoms with Gasteiger partial charge >= 0.3 is 5.97 Å². The summed E-state index contributed by atoms with van der Waals surface area (Å²) in [6, 6.07) is 12.4. The predicted molar refractivity (Wildman–Crippen MR) is 158 cm³/mol. The molecule has 3 aliphatic rings. The number of ether oxygens (including phenoxy) is 1. The lowest BCUT2D eigenvalue weighted by Crippen LogP contribution is -2.41. The zero-order chi connectivity index (χ0) is 26.9. The molecule has 1 N–H and O–H groups in total. The van der Waals surface area contributed by atoms with E-state index in [0.717, 1.165) is 43.4 Å². The SMILES string of the molecule is CCOc1ccc2c(c1)N(CCN1CCCC(C)C1)CCn1c-2c(C2CCCCC2)c2ccc(C(=O)O)cc21. The van der Waals surface area contributed by atoms with Gasteiger partial charge < -0.3 is 24.2 Å². The summed E-state index contributed by atoms with van der Waals surface area (Å²) in [6.45, 7) is 11.2. The van der Waals surface area contributed by atoms with Gasteiger partial charge in [0.1, 0.15) is 5.75 Å². The van der Waals surface area contributed by atoms with Gasteiger partial charge in [-0.25, -0.2) is 4.79 Å². The molecule has 3 aromatic rings. The summed E-state index contributed by atoms with van der Waals surface area (Å²) in [5.74, 6) is 1.34. The fourth-order valence-electron chi connectivity index (χ4n) is 7.39. The van der Waals surface area contributed by atoms with Gasteiger partial charge in [-0.3, -0.25) is 0 Å².